The van der Waals surface area contributed by atoms with Crippen molar-refractivity contribution in [2.45, 2.75) is 25.8 Å². The Labute approximate surface area is 222 Å². The van der Waals surface area contributed by atoms with Crippen molar-refractivity contribution < 1.29 is 24.6 Å². The van der Waals surface area contributed by atoms with Gasteiger partial charge in [0.15, 0.2) is 0 Å². The molecule has 3 amide bonds. The van der Waals surface area contributed by atoms with Crippen LogP contribution in [0.25, 0.3) is 5.70 Å². The maximum Gasteiger partial charge on any atom is 0.339 e. The Kier molecular flexibility index (Phi) is 7.21. The smallest absolute Gasteiger partial charge is 0.339 e. The van der Waals surface area contributed by atoms with Crippen LogP contribution in [0.3, 0.4) is 0 Å². The molecular formula is C27H26IN3O5. The van der Waals surface area contributed by atoms with Crippen LogP contribution >= 0.6 is 22.6 Å². The summed E-state index contributed by atoms with van der Waals surface area (Å²) in [5, 5.41) is 24.5. The van der Waals surface area contributed by atoms with E-state index in [1.165, 1.54) is 0 Å². The van der Waals surface area contributed by atoms with Gasteiger partial charge in [0.1, 0.15) is 5.76 Å². The summed E-state index contributed by atoms with van der Waals surface area (Å²) in [6.07, 6.45) is 3.13. The second kappa shape index (κ2) is 10.2. The maximum atomic E-state index is 12.6. The van der Waals surface area contributed by atoms with Gasteiger partial charge in [-0.2, -0.15) is 0 Å². The van der Waals surface area contributed by atoms with Crippen LogP contribution in [0.5, 0.6) is 0 Å². The molecular weight excluding hydrogens is 573 g/mol. The molecule has 4 rings (SSSR count). The van der Waals surface area contributed by atoms with Crippen molar-refractivity contribution >= 4 is 51.9 Å². The normalized spacial score (nSPS) is 19.0. The Morgan fingerprint density at radius 3 is 2.22 bits per heavy atom. The van der Waals surface area contributed by atoms with Crippen LogP contribution in [-0.2, 0) is 4.79 Å². The number of nitrogens with one attached hydrogen (secondary N) is 2. The number of carboxylic acids is 1. The number of benzene rings is 2. The van der Waals surface area contributed by atoms with E-state index in [0.29, 0.717) is 17.2 Å². The van der Waals surface area contributed by atoms with E-state index in [1.807, 2.05) is 24.1 Å². The highest BCUT2D eigenvalue weighted by Gasteiger charge is 2.40. The summed E-state index contributed by atoms with van der Waals surface area (Å²) in [5.74, 6) is -1.77. The third-order valence-electron chi connectivity index (χ3n) is 6.35. The van der Waals surface area contributed by atoms with Gasteiger partial charge in [0.25, 0.3) is 5.91 Å². The number of aliphatic hydroxyl groups is 1. The molecule has 1 aliphatic heterocycles. The largest absolute Gasteiger partial charge is 0.507 e. The van der Waals surface area contributed by atoms with E-state index in [1.54, 1.807) is 48.6 Å². The first-order valence-corrected chi connectivity index (χ1v) is 12.5. The summed E-state index contributed by atoms with van der Waals surface area (Å²) in [5.41, 5.74) is 3.67. The topological polar surface area (TPSA) is 119 Å². The predicted molar refractivity (Wildman–Crippen MR) is 146 cm³/mol. The first-order chi connectivity index (χ1) is 17.1. The van der Waals surface area contributed by atoms with Crippen LogP contribution in [0, 0.1) is 5.92 Å². The molecule has 2 aromatic rings. The van der Waals surface area contributed by atoms with Gasteiger partial charge in [-0.15, -0.1) is 0 Å². The lowest BCUT2D eigenvalue weighted by Gasteiger charge is -2.28. The lowest BCUT2D eigenvalue weighted by Crippen LogP contribution is -2.34. The number of anilines is 1. The molecule has 8 nitrogen and oxygen atoms in total. The first kappa shape index (κ1) is 25.5. The summed E-state index contributed by atoms with van der Waals surface area (Å²) in [4.78, 5) is 38.3. The van der Waals surface area contributed by atoms with Gasteiger partial charge >= 0.3 is 12.0 Å². The number of aliphatic hydroxyl groups excluding tert-OH is 1. The SMILES string of the molecule is CC(C)c1ccc(NC(=O)NC(=O)c2ccc(C3=C(I)C4C=C(C(=O)O)C(O)=CC4N3C)cc2)cc1. The number of hydrogen-bond acceptors (Lipinski definition) is 5. The van der Waals surface area contributed by atoms with E-state index in [0.717, 1.165) is 20.4 Å². The van der Waals surface area contributed by atoms with Crippen LogP contribution < -0.4 is 10.6 Å². The van der Waals surface area contributed by atoms with E-state index in [2.05, 4.69) is 47.1 Å². The lowest BCUT2D eigenvalue weighted by atomic mass is 9.91. The summed E-state index contributed by atoms with van der Waals surface area (Å²) in [7, 11) is 1.88. The van der Waals surface area contributed by atoms with Gasteiger partial charge < -0.3 is 20.4 Å². The monoisotopic (exact) mass is 599 g/mol. The molecule has 36 heavy (non-hydrogen) atoms. The third kappa shape index (κ3) is 5.01. The second-order valence-corrected chi connectivity index (χ2v) is 10.2. The molecule has 1 heterocycles. The highest BCUT2D eigenvalue weighted by molar-refractivity contribution is 14.1. The predicted octanol–water partition coefficient (Wildman–Crippen LogP) is 5.27. The molecule has 2 aliphatic rings. The number of urea groups is 1. The van der Waals surface area contributed by atoms with Crippen molar-refractivity contribution in [1.82, 2.24) is 10.2 Å². The number of carboxylic acid groups (broad SMARTS) is 1. The van der Waals surface area contributed by atoms with Crippen molar-refractivity contribution in [1.29, 1.82) is 0 Å². The first-order valence-electron chi connectivity index (χ1n) is 11.4. The molecule has 0 aromatic heterocycles. The number of halogens is 1. The minimum atomic E-state index is -1.17. The summed E-state index contributed by atoms with van der Waals surface area (Å²) >= 11 is 2.20. The molecule has 0 saturated carbocycles. The highest BCUT2D eigenvalue weighted by Crippen LogP contribution is 2.46. The molecule has 2 atom stereocenters. The van der Waals surface area contributed by atoms with Crippen molar-refractivity contribution in [3.8, 4) is 0 Å². The molecule has 1 aliphatic carbocycles. The average Bonchev–Trinajstić information content (AvgIpc) is 3.07. The summed E-state index contributed by atoms with van der Waals surface area (Å²) in [6.45, 7) is 4.17. The Bertz CT molecular complexity index is 1310. The summed E-state index contributed by atoms with van der Waals surface area (Å²) in [6, 6.07) is 13.5. The number of carbonyl (C=O) groups is 3. The molecule has 0 bridgehead atoms. The van der Waals surface area contributed by atoms with Gasteiger partial charge in [-0.05, 0) is 70.0 Å². The zero-order valence-corrected chi connectivity index (χ0v) is 22.1. The molecule has 0 radical (unpaired) electrons. The number of carbonyl (C=O) groups excluding carboxylic acids is 2. The van der Waals surface area contributed by atoms with E-state index in [9.17, 15) is 24.6 Å². The van der Waals surface area contributed by atoms with Gasteiger partial charge in [0, 0.05) is 27.8 Å². The fourth-order valence-corrected chi connectivity index (χ4v) is 5.60. The highest BCUT2D eigenvalue weighted by atomic mass is 127. The standard InChI is InChI=1S/C27H26IN3O5/c1-14(2)15-8-10-18(11-9-15)29-27(36)30-25(33)17-6-4-16(5-7-17)24-23(28)19-12-20(26(34)35)22(32)13-21(19)31(24)3/h4-14,19,21,32H,1-3H3,(H,34,35)(H2,29,30,33,36). The van der Waals surface area contributed by atoms with Crippen LogP contribution in [0.2, 0.25) is 0 Å². The zero-order valence-electron chi connectivity index (χ0n) is 19.9. The van der Waals surface area contributed by atoms with Gasteiger partial charge in [-0.1, -0.05) is 44.2 Å². The number of fused-ring (bicyclic) bond motifs is 1. The fourth-order valence-electron chi connectivity index (χ4n) is 4.36. The lowest BCUT2D eigenvalue weighted by molar-refractivity contribution is -0.132. The molecule has 2 unspecified atom stereocenters. The Morgan fingerprint density at radius 2 is 1.64 bits per heavy atom. The van der Waals surface area contributed by atoms with E-state index in [-0.39, 0.29) is 23.3 Å². The Hall–Kier alpha value is -3.60. The quantitative estimate of drug-likeness (QED) is 0.348. The summed E-state index contributed by atoms with van der Waals surface area (Å²) < 4.78 is 0.933. The number of amides is 3. The van der Waals surface area contributed by atoms with Crippen molar-refractivity contribution in [2.75, 3.05) is 12.4 Å². The molecule has 0 spiro atoms. The maximum absolute atomic E-state index is 12.6. The number of nitrogens with zero attached hydrogens (tertiary/aromatic N) is 1. The number of likely N-dealkylation sites (N-methyl/N-ethyl adjacent to an activating group) is 1. The minimum absolute atomic E-state index is 0.110. The molecule has 186 valence electrons. The number of imide groups is 1. The van der Waals surface area contributed by atoms with Crippen LogP contribution in [0.4, 0.5) is 10.5 Å². The number of rotatable bonds is 5. The molecule has 0 fully saturated rings. The van der Waals surface area contributed by atoms with Crippen molar-refractivity contribution in [3.63, 3.8) is 0 Å². The Morgan fingerprint density at radius 1 is 1.00 bits per heavy atom. The van der Waals surface area contributed by atoms with Crippen LogP contribution in [0.1, 0.15) is 41.3 Å². The molecule has 9 heteroatoms. The van der Waals surface area contributed by atoms with E-state index >= 15 is 0 Å². The minimum Gasteiger partial charge on any atom is -0.507 e. The van der Waals surface area contributed by atoms with Crippen molar-refractivity contribution in [3.05, 3.63) is 92.3 Å². The van der Waals surface area contributed by atoms with Crippen molar-refractivity contribution in [2.24, 2.45) is 5.92 Å². The molecule has 0 saturated heterocycles. The number of hydrogen-bond donors (Lipinski definition) is 4. The van der Waals surface area contributed by atoms with Gasteiger partial charge in [-0.3, -0.25) is 10.1 Å². The number of aliphatic carboxylic acids is 1. The van der Waals surface area contributed by atoms with Gasteiger partial charge in [0.05, 0.1) is 17.3 Å². The van der Waals surface area contributed by atoms with Gasteiger partial charge in [0.2, 0.25) is 0 Å². The Balaban J connectivity index is 1.45. The van der Waals surface area contributed by atoms with E-state index < -0.39 is 17.9 Å². The molecule has 2 aromatic carbocycles. The zero-order chi connectivity index (χ0) is 26.1. The van der Waals surface area contributed by atoms with E-state index in [4.69, 9.17) is 0 Å². The van der Waals surface area contributed by atoms with Gasteiger partial charge in [-0.25, -0.2) is 9.59 Å². The van der Waals surface area contributed by atoms with Crippen LogP contribution in [-0.4, -0.2) is 46.1 Å². The fraction of sp³-hybridized carbons (Fsp3) is 0.222. The third-order valence-corrected chi connectivity index (χ3v) is 7.58. The average molecular weight is 599 g/mol. The van der Waals surface area contributed by atoms with Crippen LogP contribution in [0.15, 0.2) is 75.6 Å². The second-order valence-electron chi connectivity index (χ2n) is 9.02. The molecule has 4 N–H and O–H groups in total.